The SMILES string of the molecule is Cc1ccc(-c2noc([C@H](CC(N)=O)NC3CNC3)n2)o1. The van der Waals surface area contributed by atoms with E-state index in [9.17, 15) is 4.79 Å². The first kappa shape index (κ1) is 13.8. The zero-order chi connectivity index (χ0) is 14.8. The van der Waals surface area contributed by atoms with Gasteiger partial charge < -0.3 is 25.3 Å². The van der Waals surface area contributed by atoms with Crippen molar-refractivity contribution in [2.45, 2.75) is 25.4 Å². The van der Waals surface area contributed by atoms with Crippen molar-refractivity contribution >= 4 is 5.91 Å². The monoisotopic (exact) mass is 291 g/mol. The maximum atomic E-state index is 11.2. The number of aromatic nitrogens is 2. The van der Waals surface area contributed by atoms with E-state index >= 15 is 0 Å². The molecule has 8 nitrogen and oxygen atoms in total. The molecule has 112 valence electrons. The maximum Gasteiger partial charge on any atom is 0.244 e. The summed E-state index contributed by atoms with van der Waals surface area (Å²) in [5.74, 6) is 1.58. The summed E-state index contributed by atoms with van der Waals surface area (Å²) < 4.78 is 10.7. The number of rotatable bonds is 6. The Morgan fingerprint density at radius 3 is 2.95 bits per heavy atom. The second kappa shape index (κ2) is 5.66. The van der Waals surface area contributed by atoms with E-state index in [-0.39, 0.29) is 18.5 Å². The molecule has 0 aromatic carbocycles. The normalized spacial score (nSPS) is 16.6. The quantitative estimate of drug-likeness (QED) is 0.691. The maximum absolute atomic E-state index is 11.2. The lowest BCUT2D eigenvalue weighted by Crippen LogP contribution is -2.56. The number of nitrogens with one attached hydrogen (secondary N) is 2. The lowest BCUT2D eigenvalue weighted by Gasteiger charge is -2.30. The van der Waals surface area contributed by atoms with Crippen LogP contribution < -0.4 is 16.4 Å². The first-order valence-corrected chi connectivity index (χ1v) is 6.77. The standard InChI is InChI=1S/C13H17N5O3/c1-7-2-3-10(20-7)12-17-13(21-18-12)9(4-11(14)19)16-8-5-15-6-8/h2-3,8-9,15-16H,4-6H2,1H3,(H2,14,19)/t9-/m0/s1. The number of hydrogen-bond donors (Lipinski definition) is 3. The fourth-order valence-electron chi connectivity index (χ4n) is 2.14. The summed E-state index contributed by atoms with van der Waals surface area (Å²) in [7, 11) is 0. The van der Waals surface area contributed by atoms with E-state index in [2.05, 4.69) is 20.8 Å². The molecule has 8 heteroatoms. The topological polar surface area (TPSA) is 119 Å². The lowest BCUT2D eigenvalue weighted by molar-refractivity contribution is -0.118. The first-order valence-electron chi connectivity index (χ1n) is 6.77. The highest BCUT2D eigenvalue weighted by Crippen LogP contribution is 2.22. The molecular weight excluding hydrogens is 274 g/mol. The molecule has 0 bridgehead atoms. The number of nitrogens with two attached hydrogens (primary N) is 1. The summed E-state index contributed by atoms with van der Waals surface area (Å²) in [4.78, 5) is 15.5. The van der Waals surface area contributed by atoms with Gasteiger partial charge in [0, 0.05) is 19.1 Å². The Kier molecular flexibility index (Phi) is 3.72. The number of carbonyl (C=O) groups is 1. The van der Waals surface area contributed by atoms with Crippen molar-refractivity contribution in [1.82, 2.24) is 20.8 Å². The number of amides is 1. The van der Waals surface area contributed by atoms with Gasteiger partial charge in [0.1, 0.15) is 5.76 Å². The van der Waals surface area contributed by atoms with Gasteiger partial charge in [0.2, 0.25) is 17.6 Å². The molecular formula is C13H17N5O3. The second-order valence-corrected chi connectivity index (χ2v) is 5.11. The van der Waals surface area contributed by atoms with E-state index in [1.54, 1.807) is 6.07 Å². The van der Waals surface area contributed by atoms with Gasteiger partial charge in [-0.25, -0.2) is 0 Å². The van der Waals surface area contributed by atoms with Gasteiger partial charge in [0.05, 0.1) is 12.5 Å². The third-order valence-electron chi connectivity index (χ3n) is 3.32. The molecule has 0 spiro atoms. The summed E-state index contributed by atoms with van der Waals surface area (Å²) in [6.45, 7) is 3.52. The Morgan fingerprint density at radius 1 is 1.57 bits per heavy atom. The third kappa shape index (κ3) is 3.11. The van der Waals surface area contributed by atoms with Crippen LogP contribution in [0.2, 0.25) is 0 Å². The predicted octanol–water partition coefficient (Wildman–Crippen LogP) is 0.116. The Bertz CT molecular complexity index is 631. The Labute approximate surface area is 121 Å². The van der Waals surface area contributed by atoms with Gasteiger partial charge in [-0.2, -0.15) is 4.98 Å². The van der Waals surface area contributed by atoms with E-state index in [0.29, 0.717) is 17.5 Å². The van der Waals surface area contributed by atoms with Crippen LogP contribution >= 0.6 is 0 Å². The van der Waals surface area contributed by atoms with Crippen LogP contribution in [0.4, 0.5) is 0 Å². The highest BCUT2D eigenvalue weighted by Gasteiger charge is 2.27. The molecule has 3 rings (SSSR count). The average molecular weight is 291 g/mol. The Morgan fingerprint density at radius 2 is 2.38 bits per heavy atom. The summed E-state index contributed by atoms with van der Waals surface area (Å²) in [6, 6.07) is 3.49. The molecule has 2 aromatic heterocycles. The Balaban J connectivity index is 1.78. The van der Waals surface area contributed by atoms with Gasteiger partial charge in [-0.1, -0.05) is 5.16 Å². The highest BCUT2D eigenvalue weighted by molar-refractivity contribution is 5.74. The molecule has 0 aliphatic carbocycles. The molecule has 1 fully saturated rings. The summed E-state index contributed by atoms with van der Waals surface area (Å²) in [5.41, 5.74) is 5.28. The minimum absolute atomic E-state index is 0.106. The third-order valence-corrected chi connectivity index (χ3v) is 3.32. The molecule has 1 aliphatic heterocycles. The van der Waals surface area contributed by atoms with Crippen LogP contribution in [-0.2, 0) is 4.79 Å². The van der Waals surface area contributed by atoms with Crippen molar-refractivity contribution in [2.75, 3.05) is 13.1 Å². The molecule has 1 aliphatic rings. The summed E-state index contributed by atoms with van der Waals surface area (Å²) >= 11 is 0. The van der Waals surface area contributed by atoms with Crippen LogP contribution in [0.25, 0.3) is 11.6 Å². The van der Waals surface area contributed by atoms with Crippen LogP contribution in [0.3, 0.4) is 0 Å². The van der Waals surface area contributed by atoms with Crippen LogP contribution in [0.15, 0.2) is 21.1 Å². The molecule has 1 saturated heterocycles. The molecule has 3 heterocycles. The Hall–Kier alpha value is -2.19. The molecule has 0 unspecified atom stereocenters. The zero-order valence-electron chi connectivity index (χ0n) is 11.6. The number of aryl methyl sites for hydroxylation is 1. The lowest BCUT2D eigenvalue weighted by atomic mass is 10.1. The van der Waals surface area contributed by atoms with E-state index in [4.69, 9.17) is 14.7 Å². The van der Waals surface area contributed by atoms with Crippen LogP contribution in [-0.4, -0.2) is 35.2 Å². The minimum Gasteiger partial charge on any atom is -0.458 e. The molecule has 1 atom stereocenters. The molecule has 4 N–H and O–H groups in total. The van der Waals surface area contributed by atoms with Crippen molar-refractivity contribution in [3.63, 3.8) is 0 Å². The molecule has 21 heavy (non-hydrogen) atoms. The predicted molar refractivity (Wildman–Crippen MR) is 73.1 cm³/mol. The number of carbonyl (C=O) groups excluding carboxylic acids is 1. The van der Waals surface area contributed by atoms with Gasteiger partial charge in [0.15, 0.2) is 5.76 Å². The molecule has 0 saturated carbocycles. The van der Waals surface area contributed by atoms with Crippen molar-refractivity contribution < 1.29 is 13.7 Å². The van der Waals surface area contributed by atoms with E-state index in [1.807, 2.05) is 13.0 Å². The van der Waals surface area contributed by atoms with Gasteiger partial charge >= 0.3 is 0 Å². The van der Waals surface area contributed by atoms with Crippen LogP contribution in [0, 0.1) is 6.92 Å². The minimum atomic E-state index is -0.423. The smallest absolute Gasteiger partial charge is 0.244 e. The van der Waals surface area contributed by atoms with E-state index in [1.165, 1.54) is 0 Å². The fraction of sp³-hybridized carbons (Fsp3) is 0.462. The van der Waals surface area contributed by atoms with Crippen LogP contribution in [0.5, 0.6) is 0 Å². The van der Waals surface area contributed by atoms with Gasteiger partial charge in [-0.3, -0.25) is 4.79 Å². The summed E-state index contributed by atoms with van der Waals surface area (Å²) in [5, 5.41) is 10.3. The number of nitrogens with zero attached hydrogens (tertiary/aromatic N) is 2. The van der Waals surface area contributed by atoms with Gasteiger partial charge in [0.25, 0.3) is 0 Å². The van der Waals surface area contributed by atoms with Crippen molar-refractivity contribution in [2.24, 2.45) is 5.73 Å². The van der Waals surface area contributed by atoms with E-state index < -0.39 is 5.91 Å². The first-order chi connectivity index (χ1) is 10.1. The van der Waals surface area contributed by atoms with E-state index in [0.717, 1.165) is 18.8 Å². The molecule has 0 radical (unpaired) electrons. The molecule has 1 amide bonds. The molecule has 2 aromatic rings. The number of primary amides is 1. The van der Waals surface area contributed by atoms with Crippen molar-refractivity contribution in [3.05, 3.63) is 23.8 Å². The van der Waals surface area contributed by atoms with Crippen LogP contribution in [0.1, 0.15) is 24.1 Å². The highest BCUT2D eigenvalue weighted by atomic mass is 16.5. The van der Waals surface area contributed by atoms with Crippen molar-refractivity contribution in [1.29, 1.82) is 0 Å². The number of hydrogen-bond acceptors (Lipinski definition) is 7. The van der Waals surface area contributed by atoms with Gasteiger partial charge in [-0.15, -0.1) is 0 Å². The number of furan rings is 1. The second-order valence-electron chi connectivity index (χ2n) is 5.11. The average Bonchev–Trinajstić information content (AvgIpc) is 3.00. The zero-order valence-corrected chi connectivity index (χ0v) is 11.6. The largest absolute Gasteiger partial charge is 0.458 e. The van der Waals surface area contributed by atoms with Gasteiger partial charge in [-0.05, 0) is 19.1 Å². The fourth-order valence-corrected chi connectivity index (χ4v) is 2.14. The summed E-state index contributed by atoms with van der Waals surface area (Å²) in [6.07, 6.45) is 0.106. The van der Waals surface area contributed by atoms with Crippen molar-refractivity contribution in [3.8, 4) is 11.6 Å².